The van der Waals surface area contributed by atoms with Crippen LogP contribution in [0.1, 0.15) is 66.2 Å². The molecule has 3 aliphatic rings. The fourth-order valence-corrected chi connectivity index (χ4v) is 6.67. The first kappa shape index (κ1) is 27.4. The van der Waals surface area contributed by atoms with Gasteiger partial charge in [-0.1, -0.05) is 27.2 Å². The summed E-state index contributed by atoms with van der Waals surface area (Å²) < 4.78 is 12.2. The zero-order chi connectivity index (χ0) is 26.8. The monoisotopic (exact) mass is 515 g/mol. The van der Waals surface area contributed by atoms with Crippen molar-refractivity contribution in [2.75, 3.05) is 25.1 Å². The summed E-state index contributed by atoms with van der Waals surface area (Å²) in [6.45, 7) is 8.60. The van der Waals surface area contributed by atoms with E-state index in [4.69, 9.17) is 9.47 Å². The maximum Gasteiger partial charge on any atom is 0.245 e. The molecule has 4 rings (SSSR count). The zero-order valence-electron chi connectivity index (χ0n) is 22.4. The lowest BCUT2D eigenvalue weighted by atomic mass is 9.65. The number of anilines is 1. The van der Waals surface area contributed by atoms with Crippen LogP contribution < -0.4 is 15.4 Å². The molecular weight excluding hydrogens is 474 g/mol. The molecule has 9 nitrogen and oxygen atoms in total. The molecule has 3 N–H and O–H groups in total. The Bertz CT molecular complexity index is 996. The molecule has 1 aromatic carbocycles. The van der Waals surface area contributed by atoms with Gasteiger partial charge in [-0.25, -0.2) is 0 Å². The lowest BCUT2D eigenvalue weighted by molar-refractivity contribution is -0.150. The second-order valence-corrected chi connectivity index (χ2v) is 10.4. The molecule has 9 heteroatoms. The number of unbranched alkanes of at least 4 members (excludes halogenated alkanes) is 1. The van der Waals surface area contributed by atoms with E-state index in [1.54, 1.807) is 24.3 Å². The largest absolute Gasteiger partial charge is 0.494 e. The van der Waals surface area contributed by atoms with Crippen molar-refractivity contribution in [2.45, 2.75) is 89.5 Å². The molecule has 6 atom stereocenters. The molecule has 3 heterocycles. The van der Waals surface area contributed by atoms with Crippen molar-refractivity contribution in [1.82, 2.24) is 10.2 Å². The molecule has 3 fully saturated rings. The Labute approximate surface area is 219 Å². The molecule has 204 valence electrons. The Kier molecular flexibility index (Phi) is 8.14. The Hall–Kier alpha value is -2.65. The van der Waals surface area contributed by atoms with Crippen LogP contribution in [0.3, 0.4) is 0 Å². The van der Waals surface area contributed by atoms with Gasteiger partial charge in [0, 0.05) is 12.2 Å². The van der Waals surface area contributed by atoms with Gasteiger partial charge in [0.1, 0.15) is 17.4 Å². The number of ether oxygens (including phenoxy) is 2. The van der Waals surface area contributed by atoms with Gasteiger partial charge in [-0.3, -0.25) is 14.4 Å². The van der Waals surface area contributed by atoms with Crippen LogP contribution >= 0.6 is 0 Å². The van der Waals surface area contributed by atoms with Gasteiger partial charge in [-0.05, 0) is 63.3 Å². The van der Waals surface area contributed by atoms with Crippen molar-refractivity contribution in [1.29, 1.82) is 0 Å². The molecule has 2 unspecified atom stereocenters. The number of hydrogen-bond donors (Lipinski definition) is 3. The minimum absolute atomic E-state index is 0.258. The number of fused-ring (bicyclic) bond motifs is 1. The summed E-state index contributed by atoms with van der Waals surface area (Å²) in [7, 11) is 0. The zero-order valence-corrected chi connectivity index (χ0v) is 22.4. The van der Waals surface area contributed by atoms with Crippen molar-refractivity contribution in [2.24, 2.45) is 11.8 Å². The molecule has 2 bridgehead atoms. The molecule has 1 aromatic rings. The number of nitrogens with one attached hydrogen (secondary N) is 2. The summed E-state index contributed by atoms with van der Waals surface area (Å²) in [5.74, 6) is -1.64. The van der Waals surface area contributed by atoms with E-state index >= 15 is 0 Å². The average Bonchev–Trinajstić information content (AvgIpc) is 3.50. The summed E-state index contributed by atoms with van der Waals surface area (Å²) in [5, 5.41) is 16.1. The molecule has 37 heavy (non-hydrogen) atoms. The Morgan fingerprint density at radius 2 is 1.89 bits per heavy atom. The van der Waals surface area contributed by atoms with Crippen LogP contribution in [0.2, 0.25) is 0 Å². The van der Waals surface area contributed by atoms with Gasteiger partial charge >= 0.3 is 0 Å². The van der Waals surface area contributed by atoms with Crippen LogP contribution in [0.4, 0.5) is 5.69 Å². The number of aliphatic hydroxyl groups excluding tert-OH is 1. The van der Waals surface area contributed by atoms with Gasteiger partial charge < -0.3 is 30.1 Å². The van der Waals surface area contributed by atoms with Crippen LogP contribution in [0.15, 0.2) is 24.3 Å². The molecule has 3 amide bonds. The number of carbonyl (C=O) groups excluding carboxylic acids is 3. The molecule has 1 spiro atoms. The van der Waals surface area contributed by atoms with Gasteiger partial charge in [0.05, 0.1) is 36.7 Å². The third kappa shape index (κ3) is 4.50. The summed E-state index contributed by atoms with van der Waals surface area (Å²) in [4.78, 5) is 43.0. The van der Waals surface area contributed by atoms with Crippen molar-refractivity contribution in [3.8, 4) is 5.75 Å². The summed E-state index contributed by atoms with van der Waals surface area (Å²) in [6, 6.07) is 5.73. The van der Waals surface area contributed by atoms with E-state index in [1.807, 2.05) is 27.7 Å². The van der Waals surface area contributed by atoms with Crippen molar-refractivity contribution < 1.29 is 29.0 Å². The Balaban J connectivity index is 1.69. The smallest absolute Gasteiger partial charge is 0.245 e. The molecule has 3 aliphatic heterocycles. The topological polar surface area (TPSA) is 117 Å². The van der Waals surface area contributed by atoms with Gasteiger partial charge in [0.2, 0.25) is 17.7 Å². The number of likely N-dealkylation sites (tertiary alicyclic amines) is 1. The van der Waals surface area contributed by atoms with Gasteiger partial charge in [0.15, 0.2) is 0 Å². The maximum atomic E-state index is 14.1. The van der Waals surface area contributed by atoms with E-state index < -0.39 is 35.1 Å². The van der Waals surface area contributed by atoms with Gasteiger partial charge in [0.25, 0.3) is 0 Å². The fraction of sp³-hybridized carbons (Fsp3) is 0.679. The molecular formula is C28H41N3O6. The van der Waals surface area contributed by atoms with E-state index in [0.717, 1.165) is 12.8 Å². The highest BCUT2D eigenvalue weighted by atomic mass is 16.5. The quantitative estimate of drug-likeness (QED) is 0.369. The van der Waals surface area contributed by atoms with Crippen molar-refractivity contribution >= 4 is 23.4 Å². The molecule has 0 aliphatic carbocycles. The first-order chi connectivity index (χ1) is 17.8. The minimum Gasteiger partial charge on any atom is -0.494 e. The van der Waals surface area contributed by atoms with Crippen LogP contribution in [-0.4, -0.2) is 70.8 Å². The number of rotatable bonds is 12. The van der Waals surface area contributed by atoms with Crippen LogP contribution in [0.25, 0.3) is 0 Å². The molecule has 3 saturated heterocycles. The average molecular weight is 516 g/mol. The standard InChI is InChI=1S/C28H41N3O6/c1-5-9-16-29-25(34)23-28-15-14-27(7-3,37-28)21(22(28)26(35)31(23)19(6-2)17-32)24(33)30-18-10-12-20(13-11-18)36-8-4/h10-13,19,21-23,32H,5-9,14-17H2,1-4H3,(H,29,34)(H,30,33)/t19-,21+,22-,23?,27-,28?/m0/s1. The van der Waals surface area contributed by atoms with Crippen molar-refractivity contribution in [3.05, 3.63) is 24.3 Å². The number of benzene rings is 1. The predicted molar refractivity (Wildman–Crippen MR) is 139 cm³/mol. The van der Waals surface area contributed by atoms with E-state index in [2.05, 4.69) is 10.6 Å². The maximum absolute atomic E-state index is 14.1. The van der Waals surface area contributed by atoms with Crippen LogP contribution in [-0.2, 0) is 19.1 Å². The van der Waals surface area contributed by atoms with Gasteiger partial charge in [-0.2, -0.15) is 0 Å². The number of nitrogens with zero attached hydrogens (tertiary/aromatic N) is 1. The van der Waals surface area contributed by atoms with Gasteiger partial charge in [-0.15, -0.1) is 0 Å². The predicted octanol–water partition coefficient (Wildman–Crippen LogP) is 2.87. The van der Waals surface area contributed by atoms with E-state index in [0.29, 0.717) is 50.3 Å². The highest BCUT2D eigenvalue weighted by Gasteiger charge is 2.79. The highest BCUT2D eigenvalue weighted by Crippen LogP contribution is 2.64. The number of amides is 3. The third-order valence-corrected chi connectivity index (χ3v) is 8.49. The van der Waals surface area contributed by atoms with E-state index in [9.17, 15) is 19.5 Å². The first-order valence-corrected chi connectivity index (χ1v) is 13.8. The lowest BCUT2D eigenvalue weighted by Gasteiger charge is -2.37. The Morgan fingerprint density at radius 3 is 2.49 bits per heavy atom. The first-order valence-electron chi connectivity index (χ1n) is 13.8. The summed E-state index contributed by atoms with van der Waals surface area (Å²) in [5.41, 5.74) is -1.30. The van der Waals surface area contributed by atoms with E-state index in [-0.39, 0.29) is 24.3 Å². The van der Waals surface area contributed by atoms with Crippen molar-refractivity contribution in [3.63, 3.8) is 0 Å². The highest BCUT2D eigenvalue weighted by molar-refractivity contribution is 6.02. The SMILES string of the molecule is CCCCNC(=O)C1N([C@@H](CC)CO)C(=O)[C@@H]2[C@H](C(=O)Nc3ccc(OCC)cc3)[C@]3(CC)CCC12O3. The lowest BCUT2D eigenvalue weighted by Crippen LogP contribution is -2.58. The number of hydrogen-bond acceptors (Lipinski definition) is 6. The number of aliphatic hydroxyl groups is 1. The second kappa shape index (κ2) is 11.0. The summed E-state index contributed by atoms with van der Waals surface area (Å²) >= 11 is 0. The van der Waals surface area contributed by atoms with Crippen LogP contribution in [0.5, 0.6) is 5.75 Å². The normalized spacial score (nSPS) is 30.8. The summed E-state index contributed by atoms with van der Waals surface area (Å²) in [6.07, 6.45) is 3.92. The minimum atomic E-state index is -1.09. The molecule has 0 saturated carbocycles. The molecule has 0 aromatic heterocycles. The second-order valence-electron chi connectivity index (χ2n) is 10.4. The Morgan fingerprint density at radius 1 is 1.16 bits per heavy atom. The van der Waals surface area contributed by atoms with E-state index in [1.165, 1.54) is 4.90 Å². The fourth-order valence-electron chi connectivity index (χ4n) is 6.67. The molecule has 0 radical (unpaired) electrons. The van der Waals surface area contributed by atoms with Crippen LogP contribution in [0, 0.1) is 11.8 Å². The number of carbonyl (C=O) groups is 3. The third-order valence-electron chi connectivity index (χ3n) is 8.49.